The average molecular weight is 553 g/mol. The van der Waals surface area contributed by atoms with Crippen LogP contribution < -0.4 is 10.6 Å². The van der Waals surface area contributed by atoms with E-state index in [0.717, 1.165) is 25.9 Å². The van der Waals surface area contributed by atoms with Gasteiger partial charge in [-0.3, -0.25) is 19.4 Å². The van der Waals surface area contributed by atoms with Crippen molar-refractivity contribution < 1.29 is 18.8 Å². The molecule has 0 atom stereocenters. The maximum absolute atomic E-state index is 13.3. The van der Waals surface area contributed by atoms with Gasteiger partial charge in [0.25, 0.3) is 5.91 Å². The van der Waals surface area contributed by atoms with E-state index in [4.69, 9.17) is 16.0 Å². The molecule has 3 amide bonds. The molecule has 39 heavy (non-hydrogen) atoms. The van der Waals surface area contributed by atoms with E-state index in [9.17, 15) is 14.4 Å². The van der Waals surface area contributed by atoms with Gasteiger partial charge in [0, 0.05) is 43.4 Å². The zero-order chi connectivity index (χ0) is 27.5. The number of rotatable bonds is 6. The minimum absolute atomic E-state index is 0.0467. The molecule has 1 saturated carbocycles. The molecule has 0 aromatic carbocycles. The lowest BCUT2D eigenvalue weighted by Gasteiger charge is -2.38. The molecule has 2 N–H and O–H groups in total. The van der Waals surface area contributed by atoms with Crippen molar-refractivity contribution in [3.8, 4) is 0 Å². The topological polar surface area (TPSA) is 121 Å². The number of piperidine rings is 1. The molecule has 1 aliphatic heterocycles. The van der Waals surface area contributed by atoms with Crippen molar-refractivity contribution in [1.29, 1.82) is 0 Å². The van der Waals surface area contributed by atoms with Crippen molar-refractivity contribution in [3.05, 3.63) is 47.4 Å². The van der Waals surface area contributed by atoms with Crippen LogP contribution in [-0.4, -0.2) is 70.7 Å². The van der Waals surface area contributed by atoms with E-state index in [0.29, 0.717) is 53.7 Å². The van der Waals surface area contributed by atoms with Crippen molar-refractivity contribution in [3.63, 3.8) is 0 Å². The molecule has 2 aliphatic rings. The van der Waals surface area contributed by atoms with E-state index in [-0.39, 0.29) is 35.1 Å². The Morgan fingerprint density at radius 1 is 0.974 bits per heavy atom. The Bertz CT molecular complexity index is 1340. The molecular formula is C28H33ClN6O4. The lowest BCUT2D eigenvalue weighted by molar-refractivity contribution is -0.139. The Kier molecular flexibility index (Phi) is 8.13. The third-order valence-electron chi connectivity index (χ3n) is 7.82. The van der Waals surface area contributed by atoms with Crippen LogP contribution >= 0.6 is 11.6 Å². The van der Waals surface area contributed by atoms with Gasteiger partial charge in [-0.05, 0) is 76.9 Å². The number of anilines is 2. The van der Waals surface area contributed by atoms with Crippen molar-refractivity contribution in [1.82, 2.24) is 19.8 Å². The summed E-state index contributed by atoms with van der Waals surface area (Å²) in [5.41, 5.74) is 1.00. The predicted octanol–water partition coefficient (Wildman–Crippen LogP) is 4.43. The molecule has 0 spiro atoms. The Morgan fingerprint density at radius 2 is 1.69 bits per heavy atom. The van der Waals surface area contributed by atoms with Crippen LogP contribution in [0.3, 0.4) is 0 Å². The van der Waals surface area contributed by atoms with Crippen LogP contribution in [0.5, 0.6) is 0 Å². The highest BCUT2D eigenvalue weighted by Gasteiger charge is 2.35. The van der Waals surface area contributed by atoms with E-state index in [1.165, 1.54) is 6.20 Å². The van der Waals surface area contributed by atoms with E-state index in [2.05, 4.69) is 39.6 Å². The molecule has 5 rings (SSSR count). The molecule has 2 fully saturated rings. The highest BCUT2D eigenvalue weighted by atomic mass is 35.5. The first-order valence-electron chi connectivity index (χ1n) is 13.4. The van der Waals surface area contributed by atoms with Gasteiger partial charge in [0.15, 0.2) is 5.58 Å². The largest absolute Gasteiger partial charge is 0.447 e. The number of hydrogen-bond acceptors (Lipinski definition) is 7. The maximum Gasteiger partial charge on any atom is 0.294 e. The second-order valence-corrected chi connectivity index (χ2v) is 11.0. The molecule has 1 aliphatic carbocycles. The molecule has 0 unspecified atom stereocenters. The van der Waals surface area contributed by atoms with Gasteiger partial charge in [-0.1, -0.05) is 11.6 Å². The second kappa shape index (κ2) is 11.7. The number of nitrogens with one attached hydrogen (secondary N) is 2. The van der Waals surface area contributed by atoms with Crippen LogP contribution in [0.15, 0.2) is 41.1 Å². The van der Waals surface area contributed by atoms with Gasteiger partial charge in [-0.2, -0.15) is 0 Å². The fourth-order valence-corrected chi connectivity index (χ4v) is 5.63. The van der Waals surface area contributed by atoms with Crippen molar-refractivity contribution in [2.24, 2.45) is 11.8 Å². The van der Waals surface area contributed by atoms with Gasteiger partial charge in [0.1, 0.15) is 17.0 Å². The smallest absolute Gasteiger partial charge is 0.294 e. The minimum Gasteiger partial charge on any atom is -0.447 e. The third-order valence-corrected chi connectivity index (χ3v) is 8.05. The summed E-state index contributed by atoms with van der Waals surface area (Å²) < 4.78 is 5.79. The molecule has 3 aromatic rings. The standard InChI is InChI=1S/C28H33ClN6O4/c1-34(2)20-11-14-35(15-12-20)28(38)18-7-5-17(6-8-18)26(36)33-24-23-21(4-3-13-30-23)39-25(24)27(37)32-22-10-9-19(29)16-31-22/h3-4,9-10,13,16-18,20H,5-8,11-12,14-15H2,1-2H3,(H,33,36)(H,31,32,37)/t17-,18-. The normalized spacial score (nSPS) is 20.3. The fraction of sp³-hybridized carbons (Fsp3) is 0.464. The van der Waals surface area contributed by atoms with Crippen molar-refractivity contribution >= 4 is 51.9 Å². The first kappa shape index (κ1) is 27.1. The summed E-state index contributed by atoms with van der Waals surface area (Å²) in [5.74, 6) is -0.635. The predicted molar refractivity (Wildman–Crippen MR) is 149 cm³/mol. The van der Waals surface area contributed by atoms with Crippen molar-refractivity contribution in [2.75, 3.05) is 37.8 Å². The molecule has 4 heterocycles. The number of furan rings is 1. The number of likely N-dealkylation sites (tertiary alicyclic amines) is 1. The fourth-order valence-electron chi connectivity index (χ4n) is 5.52. The SMILES string of the molecule is CN(C)C1CCN(C(=O)[C@H]2CC[C@H](C(=O)Nc3c(C(=O)Nc4ccc(Cl)cn4)oc4cccnc34)CC2)CC1. The molecule has 10 nitrogen and oxygen atoms in total. The van der Waals surface area contributed by atoms with E-state index < -0.39 is 5.91 Å². The van der Waals surface area contributed by atoms with Crippen LogP contribution in [-0.2, 0) is 9.59 Å². The number of pyridine rings is 2. The highest BCUT2D eigenvalue weighted by molar-refractivity contribution is 6.30. The molecular weight excluding hydrogens is 520 g/mol. The minimum atomic E-state index is -0.564. The van der Waals surface area contributed by atoms with Crippen LogP contribution in [0, 0.1) is 11.8 Å². The maximum atomic E-state index is 13.3. The molecule has 11 heteroatoms. The van der Waals surface area contributed by atoms with Gasteiger partial charge in [-0.25, -0.2) is 4.98 Å². The van der Waals surface area contributed by atoms with Gasteiger partial charge in [0.05, 0.1) is 5.02 Å². The molecule has 206 valence electrons. The van der Waals surface area contributed by atoms with Gasteiger partial charge in [-0.15, -0.1) is 0 Å². The average Bonchev–Trinajstić information content (AvgIpc) is 3.32. The number of aromatic nitrogens is 2. The van der Waals surface area contributed by atoms with E-state index in [1.54, 1.807) is 30.5 Å². The number of carbonyl (C=O) groups excluding carboxylic acids is 3. The summed E-state index contributed by atoms with van der Waals surface area (Å²) in [7, 11) is 4.17. The summed E-state index contributed by atoms with van der Waals surface area (Å²) in [6.07, 6.45) is 7.54. The number of hydrogen-bond donors (Lipinski definition) is 2. The number of halogens is 1. The molecule has 0 bridgehead atoms. The van der Waals surface area contributed by atoms with Crippen LogP contribution in [0.25, 0.3) is 11.1 Å². The quantitative estimate of drug-likeness (QED) is 0.464. The lowest BCUT2D eigenvalue weighted by atomic mass is 9.80. The van der Waals surface area contributed by atoms with Crippen LogP contribution in [0.1, 0.15) is 49.1 Å². The molecule has 3 aromatic heterocycles. The zero-order valence-corrected chi connectivity index (χ0v) is 22.9. The van der Waals surface area contributed by atoms with Crippen LogP contribution in [0.4, 0.5) is 11.5 Å². The van der Waals surface area contributed by atoms with Crippen molar-refractivity contribution in [2.45, 2.75) is 44.6 Å². The molecule has 0 radical (unpaired) electrons. The Morgan fingerprint density at radius 3 is 2.36 bits per heavy atom. The zero-order valence-electron chi connectivity index (χ0n) is 22.2. The van der Waals surface area contributed by atoms with Crippen LogP contribution in [0.2, 0.25) is 5.02 Å². The Balaban J connectivity index is 1.23. The van der Waals surface area contributed by atoms with Gasteiger partial charge >= 0.3 is 0 Å². The van der Waals surface area contributed by atoms with Gasteiger partial charge < -0.3 is 24.9 Å². The third kappa shape index (κ3) is 6.07. The van der Waals surface area contributed by atoms with Gasteiger partial charge in [0.2, 0.25) is 17.6 Å². The lowest BCUT2D eigenvalue weighted by Crippen LogP contribution is -2.47. The summed E-state index contributed by atoms with van der Waals surface area (Å²) in [4.78, 5) is 52.2. The number of fused-ring (bicyclic) bond motifs is 1. The summed E-state index contributed by atoms with van der Waals surface area (Å²) >= 11 is 5.88. The summed E-state index contributed by atoms with van der Waals surface area (Å²) in [5, 5.41) is 6.02. The molecule has 1 saturated heterocycles. The van der Waals surface area contributed by atoms with E-state index >= 15 is 0 Å². The second-order valence-electron chi connectivity index (χ2n) is 10.5. The Hall–Kier alpha value is -3.50. The number of nitrogens with zero attached hydrogens (tertiary/aromatic N) is 4. The first-order valence-corrected chi connectivity index (χ1v) is 13.7. The Labute approximate surface area is 232 Å². The number of carbonyl (C=O) groups is 3. The summed E-state index contributed by atoms with van der Waals surface area (Å²) in [6, 6.07) is 7.09. The van der Waals surface area contributed by atoms with E-state index in [1.807, 2.05) is 4.90 Å². The summed E-state index contributed by atoms with van der Waals surface area (Å²) in [6.45, 7) is 1.58. The first-order chi connectivity index (χ1) is 18.8. The number of amides is 3. The highest BCUT2D eigenvalue weighted by Crippen LogP contribution is 2.34. The monoisotopic (exact) mass is 552 g/mol.